The first-order chi connectivity index (χ1) is 8.24. The smallest absolute Gasteiger partial charge is 0.119 e. The summed E-state index contributed by atoms with van der Waals surface area (Å²) in [6.45, 7) is 2.57. The number of aryl methyl sites for hydroxylation is 1. The van der Waals surface area contributed by atoms with Gasteiger partial charge in [0.1, 0.15) is 5.75 Å². The van der Waals surface area contributed by atoms with Crippen LogP contribution in [0.5, 0.6) is 5.75 Å². The maximum Gasteiger partial charge on any atom is 0.119 e. The van der Waals surface area contributed by atoms with Crippen molar-refractivity contribution in [3.63, 3.8) is 0 Å². The molecule has 0 aliphatic carbocycles. The fourth-order valence-electron chi connectivity index (χ4n) is 1.79. The number of nitrogens with zero attached hydrogens (tertiary/aromatic N) is 2. The summed E-state index contributed by atoms with van der Waals surface area (Å²) in [7, 11) is 1.84. The molecule has 0 aliphatic rings. The molecule has 0 bridgehead atoms. The molecule has 0 unspecified atom stereocenters. The molecule has 1 N–H and O–H groups in total. The minimum absolute atomic E-state index is 0.0522. The Morgan fingerprint density at radius 2 is 2.00 bits per heavy atom. The molecule has 0 fully saturated rings. The van der Waals surface area contributed by atoms with Gasteiger partial charge in [-0.05, 0) is 24.6 Å². The molecular formula is C13H16N2O2. The van der Waals surface area contributed by atoms with Crippen molar-refractivity contribution in [1.29, 1.82) is 0 Å². The summed E-state index contributed by atoms with van der Waals surface area (Å²) in [6, 6.07) is 7.79. The minimum atomic E-state index is -0.0522. The molecule has 2 rings (SSSR count). The average Bonchev–Trinajstić information content (AvgIpc) is 2.72. The second-order valence-electron chi connectivity index (χ2n) is 3.78. The summed E-state index contributed by atoms with van der Waals surface area (Å²) in [6.07, 6.45) is 1.90. The summed E-state index contributed by atoms with van der Waals surface area (Å²) in [4.78, 5) is 0. The molecule has 17 heavy (non-hydrogen) atoms. The topological polar surface area (TPSA) is 47.3 Å². The summed E-state index contributed by atoms with van der Waals surface area (Å²) >= 11 is 0. The summed E-state index contributed by atoms with van der Waals surface area (Å²) in [5.74, 6) is 0.852. The number of aliphatic hydroxyl groups excluding tert-OH is 1. The highest BCUT2D eigenvalue weighted by Crippen LogP contribution is 2.25. The molecule has 0 aliphatic heterocycles. The van der Waals surface area contributed by atoms with Crippen LogP contribution in [0, 0.1) is 0 Å². The van der Waals surface area contributed by atoms with Crippen LogP contribution in [0.2, 0.25) is 0 Å². The van der Waals surface area contributed by atoms with E-state index in [1.807, 2.05) is 44.4 Å². The summed E-state index contributed by atoms with van der Waals surface area (Å²) in [5, 5.41) is 13.4. The molecule has 90 valence electrons. The maximum atomic E-state index is 9.23. The van der Waals surface area contributed by atoms with Crippen molar-refractivity contribution in [1.82, 2.24) is 9.78 Å². The molecule has 0 atom stereocenters. The van der Waals surface area contributed by atoms with Crippen LogP contribution in [-0.2, 0) is 13.7 Å². The Morgan fingerprint density at radius 3 is 2.59 bits per heavy atom. The van der Waals surface area contributed by atoms with E-state index in [9.17, 15) is 5.11 Å². The van der Waals surface area contributed by atoms with E-state index in [2.05, 4.69) is 5.10 Å². The van der Waals surface area contributed by atoms with Crippen molar-refractivity contribution in [2.45, 2.75) is 13.5 Å². The fraction of sp³-hybridized carbons (Fsp3) is 0.308. The van der Waals surface area contributed by atoms with Gasteiger partial charge in [-0.25, -0.2) is 0 Å². The van der Waals surface area contributed by atoms with Crippen LogP contribution in [0.4, 0.5) is 0 Å². The molecule has 4 nitrogen and oxygen atoms in total. The van der Waals surface area contributed by atoms with Gasteiger partial charge in [-0.1, -0.05) is 12.1 Å². The largest absolute Gasteiger partial charge is 0.494 e. The SMILES string of the molecule is CCOc1ccc(-c2cn(C)nc2CO)cc1. The highest BCUT2D eigenvalue weighted by atomic mass is 16.5. The van der Waals surface area contributed by atoms with Gasteiger partial charge >= 0.3 is 0 Å². The number of aromatic nitrogens is 2. The van der Waals surface area contributed by atoms with Gasteiger partial charge in [0.05, 0.1) is 18.9 Å². The lowest BCUT2D eigenvalue weighted by atomic mass is 10.1. The summed E-state index contributed by atoms with van der Waals surface area (Å²) < 4.78 is 7.09. The number of aliphatic hydroxyl groups is 1. The minimum Gasteiger partial charge on any atom is -0.494 e. The first-order valence-electron chi connectivity index (χ1n) is 5.61. The Bertz CT molecular complexity index is 489. The van der Waals surface area contributed by atoms with Gasteiger partial charge in [0, 0.05) is 18.8 Å². The molecule has 0 saturated carbocycles. The van der Waals surface area contributed by atoms with Crippen molar-refractivity contribution in [3.05, 3.63) is 36.2 Å². The van der Waals surface area contributed by atoms with Crippen LogP contribution in [-0.4, -0.2) is 21.5 Å². The first kappa shape index (κ1) is 11.7. The van der Waals surface area contributed by atoms with Crippen LogP contribution < -0.4 is 4.74 Å². The third-order valence-corrected chi connectivity index (χ3v) is 2.53. The van der Waals surface area contributed by atoms with Crippen molar-refractivity contribution in [2.24, 2.45) is 7.05 Å². The summed E-state index contributed by atoms with van der Waals surface area (Å²) in [5.41, 5.74) is 2.68. The zero-order valence-electron chi connectivity index (χ0n) is 10.1. The van der Waals surface area contributed by atoms with E-state index in [0.29, 0.717) is 12.3 Å². The van der Waals surface area contributed by atoms with Crippen LogP contribution in [0.25, 0.3) is 11.1 Å². The van der Waals surface area contributed by atoms with Gasteiger partial charge in [-0.2, -0.15) is 5.10 Å². The third-order valence-electron chi connectivity index (χ3n) is 2.53. The molecule has 0 radical (unpaired) electrons. The molecule has 1 aromatic carbocycles. The lowest BCUT2D eigenvalue weighted by molar-refractivity contribution is 0.276. The highest BCUT2D eigenvalue weighted by Gasteiger charge is 2.08. The van der Waals surface area contributed by atoms with E-state index < -0.39 is 0 Å². The van der Waals surface area contributed by atoms with Crippen molar-refractivity contribution < 1.29 is 9.84 Å². The van der Waals surface area contributed by atoms with Gasteiger partial charge in [-0.3, -0.25) is 4.68 Å². The average molecular weight is 232 g/mol. The Balaban J connectivity index is 2.32. The number of hydrogen-bond acceptors (Lipinski definition) is 3. The molecule has 0 saturated heterocycles. The van der Waals surface area contributed by atoms with Gasteiger partial charge in [-0.15, -0.1) is 0 Å². The molecule has 0 amide bonds. The second kappa shape index (κ2) is 5.01. The second-order valence-corrected chi connectivity index (χ2v) is 3.78. The number of benzene rings is 1. The number of rotatable bonds is 4. The lowest BCUT2D eigenvalue weighted by Crippen LogP contribution is -1.91. The Labute approximate surface area is 100 Å². The van der Waals surface area contributed by atoms with E-state index in [0.717, 1.165) is 16.9 Å². The van der Waals surface area contributed by atoms with E-state index in [4.69, 9.17) is 4.74 Å². The molecule has 1 heterocycles. The molecule has 2 aromatic rings. The number of ether oxygens (including phenoxy) is 1. The van der Waals surface area contributed by atoms with Gasteiger partial charge < -0.3 is 9.84 Å². The van der Waals surface area contributed by atoms with Gasteiger partial charge in [0.15, 0.2) is 0 Å². The third kappa shape index (κ3) is 2.47. The Kier molecular flexibility index (Phi) is 3.44. The van der Waals surface area contributed by atoms with E-state index in [1.54, 1.807) is 4.68 Å². The van der Waals surface area contributed by atoms with E-state index in [-0.39, 0.29) is 6.61 Å². The Hall–Kier alpha value is -1.81. The zero-order valence-corrected chi connectivity index (χ0v) is 10.1. The number of hydrogen-bond donors (Lipinski definition) is 1. The normalized spacial score (nSPS) is 10.5. The van der Waals surface area contributed by atoms with Crippen molar-refractivity contribution in [3.8, 4) is 16.9 Å². The van der Waals surface area contributed by atoms with Crippen molar-refractivity contribution in [2.75, 3.05) is 6.61 Å². The van der Waals surface area contributed by atoms with Crippen LogP contribution in [0.1, 0.15) is 12.6 Å². The van der Waals surface area contributed by atoms with Gasteiger partial charge in [0.2, 0.25) is 0 Å². The zero-order chi connectivity index (χ0) is 12.3. The van der Waals surface area contributed by atoms with Crippen LogP contribution in [0.3, 0.4) is 0 Å². The fourth-order valence-corrected chi connectivity index (χ4v) is 1.79. The van der Waals surface area contributed by atoms with Crippen LogP contribution in [0.15, 0.2) is 30.5 Å². The van der Waals surface area contributed by atoms with Crippen molar-refractivity contribution >= 4 is 0 Å². The predicted octanol–water partition coefficient (Wildman–Crippen LogP) is 1.98. The Morgan fingerprint density at radius 1 is 1.29 bits per heavy atom. The molecule has 1 aromatic heterocycles. The monoisotopic (exact) mass is 232 g/mol. The van der Waals surface area contributed by atoms with E-state index in [1.165, 1.54) is 0 Å². The molecule has 4 heteroatoms. The molecule has 0 spiro atoms. The first-order valence-corrected chi connectivity index (χ1v) is 5.61. The lowest BCUT2D eigenvalue weighted by Gasteiger charge is -2.04. The quantitative estimate of drug-likeness (QED) is 0.876. The molecular weight excluding hydrogens is 216 g/mol. The van der Waals surface area contributed by atoms with Crippen LogP contribution >= 0.6 is 0 Å². The predicted molar refractivity (Wildman–Crippen MR) is 65.7 cm³/mol. The van der Waals surface area contributed by atoms with Gasteiger partial charge in [0.25, 0.3) is 0 Å². The highest BCUT2D eigenvalue weighted by molar-refractivity contribution is 5.65. The standard InChI is InChI=1S/C13H16N2O2/c1-3-17-11-6-4-10(5-7-11)12-8-15(2)14-13(12)9-16/h4-8,16H,3,9H2,1-2H3. The maximum absolute atomic E-state index is 9.23. The van der Waals surface area contributed by atoms with E-state index >= 15 is 0 Å².